The lowest BCUT2D eigenvalue weighted by atomic mass is 9.97. The molecule has 1 aliphatic rings. The van der Waals surface area contributed by atoms with Crippen LogP contribution in [0.4, 0.5) is 4.39 Å². The van der Waals surface area contributed by atoms with Gasteiger partial charge in [0, 0.05) is 13.1 Å². The van der Waals surface area contributed by atoms with Crippen molar-refractivity contribution in [3.63, 3.8) is 0 Å². The number of benzene rings is 1. The lowest BCUT2D eigenvalue weighted by molar-refractivity contribution is 0.00934. The van der Waals surface area contributed by atoms with E-state index in [-0.39, 0.29) is 18.1 Å². The Morgan fingerprint density at radius 2 is 2.16 bits per heavy atom. The number of rotatable bonds is 2. The van der Waals surface area contributed by atoms with Gasteiger partial charge in [0.25, 0.3) is 0 Å². The van der Waals surface area contributed by atoms with Gasteiger partial charge >= 0.3 is 0 Å². The number of hydrogen-bond donors (Lipinski definition) is 1. The number of β-amino-alcohol motifs (C(OH)–C–C–N with tert-alkyl or cyclic N) is 1. The van der Waals surface area contributed by atoms with Gasteiger partial charge in [-0.2, -0.15) is 4.31 Å². The summed E-state index contributed by atoms with van der Waals surface area (Å²) in [6.45, 7) is 1.76. The van der Waals surface area contributed by atoms with Crippen molar-refractivity contribution >= 4 is 21.6 Å². The van der Waals surface area contributed by atoms with E-state index < -0.39 is 26.3 Å². The van der Waals surface area contributed by atoms with E-state index in [1.54, 1.807) is 6.92 Å². The first kappa shape index (κ1) is 14.7. The molecule has 1 saturated heterocycles. The molecule has 1 aromatic rings. The smallest absolute Gasteiger partial charge is 0.247 e. The van der Waals surface area contributed by atoms with Gasteiger partial charge in [0.15, 0.2) is 0 Å². The van der Waals surface area contributed by atoms with E-state index in [1.165, 1.54) is 12.1 Å². The van der Waals surface area contributed by atoms with Crippen molar-refractivity contribution in [2.24, 2.45) is 0 Å². The molecule has 1 atom stereocenters. The molecule has 1 heterocycles. The molecule has 2 rings (SSSR count). The second kappa shape index (κ2) is 5.01. The molecule has 7 heteroatoms. The van der Waals surface area contributed by atoms with Gasteiger partial charge in [0.2, 0.25) is 10.0 Å². The zero-order valence-corrected chi connectivity index (χ0v) is 12.0. The molecule has 0 bridgehead atoms. The molecule has 0 amide bonds. The van der Waals surface area contributed by atoms with Crippen LogP contribution in [0.3, 0.4) is 0 Å². The average molecular weight is 308 g/mol. The van der Waals surface area contributed by atoms with Crippen LogP contribution in [-0.4, -0.2) is 36.5 Å². The fraction of sp³-hybridized carbons (Fsp3) is 0.500. The molecule has 0 aliphatic carbocycles. The van der Waals surface area contributed by atoms with Crippen LogP contribution in [0.2, 0.25) is 5.02 Å². The van der Waals surface area contributed by atoms with E-state index in [0.717, 1.165) is 10.4 Å². The molecule has 0 unspecified atom stereocenters. The predicted octanol–water partition coefficient (Wildman–Crippen LogP) is 2.01. The normalized spacial score (nSPS) is 25.5. The first-order valence-electron chi connectivity index (χ1n) is 5.91. The summed E-state index contributed by atoms with van der Waals surface area (Å²) < 4.78 is 39.6. The van der Waals surface area contributed by atoms with Crippen LogP contribution in [0.25, 0.3) is 0 Å². The third-order valence-corrected chi connectivity index (χ3v) is 5.51. The molecule has 19 heavy (non-hydrogen) atoms. The van der Waals surface area contributed by atoms with Crippen LogP contribution in [0, 0.1) is 5.82 Å². The first-order valence-corrected chi connectivity index (χ1v) is 7.72. The van der Waals surface area contributed by atoms with Crippen molar-refractivity contribution < 1.29 is 17.9 Å². The highest BCUT2D eigenvalue weighted by molar-refractivity contribution is 7.89. The second-order valence-electron chi connectivity index (χ2n) is 4.99. The summed E-state index contributed by atoms with van der Waals surface area (Å²) in [7, 11) is -4.03. The first-order chi connectivity index (χ1) is 8.74. The summed E-state index contributed by atoms with van der Waals surface area (Å²) in [6.07, 6.45) is 1.04. The molecule has 1 aromatic carbocycles. The van der Waals surface area contributed by atoms with Crippen LogP contribution in [0.15, 0.2) is 23.1 Å². The van der Waals surface area contributed by atoms with Crippen molar-refractivity contribution in [2.75, 3.05) is 13.1 Å². The van der Waals surface area contributed by atoms with E-state index in [2.05, 4.69) is 0 Å². The van der Waals surface area contributed by atoms with Gasteiger partial charge in [-0.15, -0.1) is 0 Å². The molecule has 1 N–H and O–H groups in total. The molecular formula is C12H15ClFNO3S. The van der Waals surface area contributed by atoms with E-state index in [0.29, 0.717) is 12.8 Å². The maximum atomic E-state index is 13.7. The Balaban J connectivity index is 2.43. The Kier molecular flexibility index (Phi) is 3.88. The zero-order chi connectivity index (χ0) is 14.3. The van der Waals surface area contributed by atoms with Gasteiger partial charge < -0.3 is 5.11 Å². The molecular weight excluding hydrogens is 293 g/mol. The van der Waals surface area contributed by atoms with Crippen LogP contribution in [-0.2, 0) is 10.0 Å². The van der Waals surface area contributed by atoms with E-state index in [9.17, 15) is 17.9 Å². The van der Waals surface area contributed by atoms with Crippen molar-refractivity contribution in [3.8, 4) is 0 Å². The summed E-state index contributed by atoms with van der Waals surface area (Å²) in [6, 6.07) is 3.74. The van der Waals surface area contributed by atoms with Crippen molar-refractivity contribution in [1.29, 1.82) is 0 Å². The highest BCUT2D eigenvalue weighted by Crippen LogP contribution is 2.31. The van der Waals surface area contributed by atoms with Crippen LogP contribution >= 0.6 is 11.6 Å². The van der Waals surface area contributed by atoms with Crippen molar-refractivity contribution in [2.45, 2.75) is 30.3 Å². The van der Waals surface area contributed by atoms with Crippen molar-refractivity contribution in [3.05, 3.63) is 29.0 Å². The largest absolute Gasteiger partial charge is 0.389 e. The van der Waals surface area contributed by atoms with E-state index in [1.807, 2.05) is 0 Å². The highest BCUT2D eigenvalue weighted by Gasteiger charge is 2.37. The third-order valence-electron chi connectivity index (χ3n) is 3.16. The topological polar surface area (TPSA) is 57.6 Å². The van der Waals surface area contributed by atoms with Gasteiger partial charge in [-0.05, 0) is 31.9 Å². The van der Waals surface area contributed by atoms with Gasteiger partial charge in [-0.1, -0.05) is 17.7 Å². The monoisotopic (exact) mass is 307 g/mol. The predicted molar refractivity (Wildman–Crippen MR) is 70.0 cm³/mol. The molecule has 0 radical (unpaired) electrons. The number of piperidine rings is 1. The minimum atomic E-state index is -4.03. The van der Waals surface area contributed by atoms with Crippen LogP contribution in [0.1, 0.15) is 19.8 Å². The lowest BCUT2D eigenvalue weighted by Crippen LogP contribution is -2.48. The van der Waals surface area contributed by atoms with Gasteiger partial charge in [-0.3, -0.25) is 0 Å². The number of sulfonamides is 1. The molecule has 0 aromatic heterocycles. The van der Waals surface area contributed by atoms with Crippen LogP contribution < -0.4 is 0 Å². The van der Waals surface area contributed by atoms with Crippen LogP contribution in [0.5, 0.6) is 0 Å². The fourth-order valence-corrected chi connectivity index (χ4v) is 4.40. The Hall–Kier alpha value is -0.690. The number of nitrogens with zero attached hydrogens (tertiary/aromatic N) is 1. The summed E-state index contributed by atoms with van der Waals surface area (Å²) in [5.41, 5.74) is -1.09. The maximum Gasteiger partial charge on any atom is 0.247 e. The molecule has 106 valence electrons. The van der Waals surface area contributed by atoms with Gasteiger partial charge in [0.05, 0.1) is 10.6 Å². The maximum absolute atomic E-state index is 13.7. The number of aliphatic hydroxyl groups is 1. The minimum absolute atomic E-state index is 0.0556. The van der Waals surface area contributed by atoms with Crippen molar-refractivity contribution in [1.82, 2.24) is 4.31 Å². The fourth-order valence-electron chi connectivity index (χ4n) is 2.24. The number of halogens is 2. The quantitative estimate of drug-likeness (QED) is 0.909. The van der Waals surface area contributed by atoms with Gasteiger partial charge in [0.1, 0.15) is 10.7 Å². The summed E-state index contributed by atoms with van der Waals surface area (Å²) >= 11 is 5.80. The average Bonchev–Trinajstić information content (AvgIpc) is 2.27. The molecule has 1 fully saturated rings. The standard InChI is InChI=1S/C12H15ClFNO3S/c1-12(16)6-3-7-15(8-12)19(17,18)11-9(13)4-2-5-10(11)14/h2,4-5,16H,3,6-8H2,1H3/t12-/m1/s1. The molecule has 0 spiro atoms. The van der Waals surface area contributed by atoms with Gasteiger partial charge in [-0.25, -0.2) is 12.8 Å². The Morgan fingerprint density at radius 3 is 2.74 bits per heavy atom. The Labute approximate surface area is 116 Å². The summed E-state index contributed by atoms with van der Waals surface area (Å²) in [5.74, 6) is -0.877. The highest BCUT2D eigenvalue weighted by atomic mass is 35.5. The zero-order valence-electron chi connectivity index (χ0n) is 10.4. The van der Waals surface area contributed by atoms with E-state index >= 15 is 0 Å². The summed E-state index contributed by atoms with van der Waals surface area (Å²) in [5, 5.41) is 9.81. The lowest BCUT2D eigenvalue weighted by Gasteiger charge is -2.36. The molecule has 4 nitrogen and oxygen atoms in total. The Bertz CT molecular complexity index is 568. The Morgan fingerprint density at radius 1 is 1.47 bits per heavy atom. The number of hydrogen-bond acceptors (Lipinski definition) is 3. The molecule has 1 aliphatic heterocycles. The second-order valence-corrected chi connectivity index (χ2v) is 7.27. The SMILES string of the molecule is C[C@@]1(O)CCCN(S(=O)(=O)c2c(F)cccc2Cl)C1. The molecule has 0 saturated carbocycles. The minimum Gasteiger partial charge on any atom is -0.389 e. The third kappa shape index (κ3) is 2.91. The van der Waals surface area contributed by atoms with E-state index in [4.69, 9.17) is 11.6 Å². The summed E-state index contributed by atoms with van der Waals surface area (Å²) in [4.78, 5) is -0.519.